The second kappa shape index (κ2) is 5.78. The van der Waals surface area contributed by atoms with Gasteiger partial charge in [-0.05, 0) is 24.6 Å². The lowest BCUT2D eigenvalue weighted by molar-refractivity contribution is 0.127. The lowest BCUT2D eigenvalue weighted by atomic mass is 10.1. The fraction of sp³-hybridized carbons (Fsp3) is 0.500. The van der Waals surface area contributed by atoms with Crippen LogP contribution in [-0.4, -0.2) is 23.8 Å². The van der Waals surface area contributed by atoms with E-state index in [0.717, 1.165) is 13.0 Å². The first-order valence-electron chi connectivity index (χ1n) is 5.13. The Kier molecular flexibility index (Phi) is 4.63. The number of benzene rings is 1. The largest absolute Gasteiger partial charge is 0.381 e. The van der Waals surface area contributed by atoms with Crippen LogP contribution in [0.5, 0.6) is 0 Å². The monoisotopic (exact) mass is 193 g/mol. The summed E-state index contributed by atoms with van der Waals surface area (Å²) in [6.45, 7) is 3.10. The molecule has 2 nitrogen and oxygen atoms in total. The maximum atomic E-state index is 8.86. The molecule has 1 rings (SSSR count). The van der Waals surface area contributed by atoms with Gasteiger partial charge in [-0.25, -0.2) is 0 Å². The fourth-order valence-corrected chi connectivity index (χ4v) is 1.46. The zero-order chi connectivity index (χ0) is 10.4. The number of aliphatic hydroxyl groups is 1. The van der Waals surface area contributed by atoms with Gasteiger partial charge in [-0.3, -0.25) is 4.90 Å². The molecule has 1 aromatic carbocycles. The van der Waals surface area contributed by atoms with Gasteiger partial charge in [-0.15, -0.1) is 0 Å². The van der Waals surface area contributed by atoms with Crippen LogP contribution in [0.15, 0.2) is 24.3 Å². The van der Waals surface area contributed by atoms with Gasteiger partial charge in [0.2, 0.25) is 0 Å². The predicted octanol–water partition coefficient (Wildman–Crippen LogP) is 2.02. The maximum Gasteiger partial charge on any atom is 0.0956 e. The zero-order valence-electron chi connectivity index (χ0n) is 9.03. The SMILES string of the molecule is CCCc1ccc(CN(C)CO)cc1. The summed E-state index contributed by atoms with van der Waals surface area (Å²) in [4.78, 5) is 1.87. The molecule has 0 heterocycles. The summed E-state index contributed by atoms with van der Waals surface area (Å²) < 4.78 is 0. The minimum Gasteiger partial charge on any atom is -0.381 e. The fourth-order valence-electron chi connectivity index (χ4n) is 1.46. The van der Waals surface area contributed by atoms with E-state index in [1.54, 1.807) is 0 Å². The summed E-state index contributed by atoms with van der Waals surface area (Å²) in [5.41, 5.74) is 2.64. The Morgan fingerprint density at radius 1 is 1.14 bits per heavy atom. The molecule has 0 saturated carbocycles. The third kappa shape index (κ3) is 3.48. The van der Waals surface area contributed by atoms with Crippen LogP contribution in [0.25, 0.3) is 0 Å². The summed E-state index contributed by atoms with van der Waals surface area (Å²) in [5.74, 6) is 0. The predicted molar refractivity (Wildman–Crippen MR) is 59.0 cm³/mol. The van der Waals surface area contributed by atoms with Crippen molar-refractivity contribution in [2.75, 3.05) is 13.8 Å². The molecule has 1 aromatic rings. The standard InChI is InChI=1S/C12H19NO/c1-3-4-11-5-7-12(8-6-11)9-13(2)10-14/h5-8,14H,3-4,9-10H2,1-2H3. The molecule has 0 spiro atoms. The summed E-state index contributed by atoms with van der Waals surface area (Å²) in [5, 5.41) is 8.86. The highest BCUT2D eigenvalue weighted by atomic mass is 16.3. The second-order valence-corrected chi connectivity index (χ2v) is 3.72. The van der Waals surface area contributed by atoms with Crippen molar-refractivity contribution in [1.29, 1.82) is 0 Å². The van der Waals surface area contributed by atoms with E-state index in [-0.39, 0.29) is 6.73 Å². The topological polar surface area (TPSA) is 23.5 Å². The molecule has 0 amide bonds. The lowest BCUT2D eigenvalue weighted by Crippen LogP contribution is -2.18. The molecule has 0 aliphatic carbocycles. The second-order valence-electron chi connectivity index (χ2n) is 3.72. The van der Waals surface area contributed by atoms with E-state index in [0.29, 0.717) is 0 Å². The van der Waals surface area contributed by atoms with Crippen molar-refractivity contribution in [1.82, 2.24) is 4.90 Å². The van der Waals surface area contributed by atoms with Gasteiger partial charge in [0.25, 0.3) is 0 Å². The van der Waals surface area contributed by atoms with Crippen molar-refractivity contribution in [3.63, 3.8) is 0 Å². The average molecular weight is 193 g/mol. The minimum atomic E-state index is 0.108. The maximum absolute atomic E-state index is 8.86. The van der Waals surface area contributed by atoms with Crippen LogP contribution in [0.1, 0.15) is 24.5 Å². The first-order chi connectivity index (χ1) is 6.76. The summed E-state index contributed by atoms with van der Waals surface area (Å²) >= 11 is 0. The Morgan fingerprint density at radius 3 is 2.21 bits per heavy atom. The molecule has 14 heavy (non-hydrogen) atoms. The summed E-state index contributed by atoms with van der Waals surface area (Å²) in [6, 6.07) is 8.61. The van der Waals surface area contributed by atoms with Gasteiger partial charge in [-0.1, -0.05) is 37.6 Å². The van der Waals surface area contributed by atoms with Gasteiger partial charge in [0.15, 0.2) is 0 Å². The highest BCUT2D eigenvalue weighted by Gasteiger charge is 1.98. The number of rotatable bonds is 5. The molecule has 0 unspecified atom stereocenters. The van der Waals surface area contributed by atoms with Crippen molar-refractivity contribution < 1.29 is 5.11 Å². The number of aryl methyl sites for hydroxylation is 1. The van der Waals surface area contributed by atoms with E-state index < -0.39 is 0 Å². The van der Waals surface area contributed by atoms with E-state index >= 15 is 0 Å². The number of hydrogen-bond donors (Lipinski definition) is 1. The van der Waals surface area contributed by atoms with Crippen molar-refractivity contribution in [3.05, 3.63) is 35.4 Å². The zero-order valence-corrected chi connectivity index (χ0v) is 9.03. The highest BCUT2D eigenvalue weighted by molar-refractivity contribution is 5.22. The number of hydrogen-bond acceptors (Lipinski definition) is 2. The van der Waals surface area contributed by atoms with Crippen LogP contribution < -0.4 is 0 Å². The van der Waals surface area contributed by atoms with Crippen molar-refractivity contribution in [2.45, 2.75) is 26.3 Å². The average Bonchev–Trinajstić information content (AvgIpc) is 2.21. The van der Waals surface area contributed by atoms with Gasteiger partial charge in [0.05, 0.1) is 6.73 Å². The molecule has 0 radical (unpaired) electrons. The molecule has 0 bridgehead atoms. The van der Waals surface area contributed by atoms with Gasteiger partial charge in [0, 0.05) is 6.54 Å². The molecular weight excluding hydrogens is 174 g/mol. The minimum absolute atomic E-state index is 0.108. The van der Waals surface area contributed by atoms with Crippen LogP contribution >= 0.6 is 0 Å². The van der Waals surface area contributed by atoms with Crippen LogP contribution in [0.2, 0.25) is 0 Å². The van der Waals surface area contributed by atoms with E-state index in [9.17, 15) is 0 Å². The molecule has 0 aliphatic rings. The molecule has 0 aliphatic heterocycles. The van der Waals surface area contributed by atoms with Crippen molar-refractivity contribution in [3.8, 4) is 0 Å². The number of nitrogens with zero attached hydrogens (tertiary/aromatic N) is 1. The van der Waals surface area contributed by atoms with Crippen LogP contribution in [0.4, 0.5) is 0 Å². The normalized spacial score (nSPS) is 10.9. The lowest BCUT2D eigenvalue weighted by Gasteiger charge is -2.12. The van der Waals surface area contributed by atoms with Crippen LogP contribution in [0.3, 0.4) is 0 Å². The molecule has 0 fully saturated rings. The summed E-state index contributed by atoms with van der Waals surface area (Å²) in [6.07, 6.45) is 2.34. The van der Waals surface area contributed by atoms with Gasteiger partial charge < -0.3 is 5.11 Å². The third-order valence-corrected chi connectivity index (χ3v) is 2.26. The Hall–Kier alpha value is -0.860. The molecule has 1 N–H and O–H groups in total. The molecular formula is C12H19NO. The van der Waals surface area contributed by atoms with E-state index in [1.807, 2.05) is 11.9 Å². The van der Waals surface area contributed by atoms with E-state index in [2.05, 4.69) is 31.2 Å². The molecule has 0 aromatic heterocycles. The Balaban J connectivity index is 2.54. The third-order valence-electron chi connectivity index (χ3n) is 2.26. The quantitative estimate of drug-likeness (QED) is 0.723. The van der Waals surface area contributed by atoms with Crippen molar-refractivity contribution >= 4 is 0 Å². The molecule has 0 atom stereocenters. The van der Waals surface area contributed by atoms with Crippen molar-refractivity contribution in [2.24, 2.45) is 0 Å². The van der Waals surface area contributed by atoms with Crippen LogP contribution in [0, 0.1) is 0 Å². The molecule has 2 heteroatoms. The molecule has 0 saturated heterocycles. The Labute approximate surface area is 86.2 Å². The van der Waals surface area contributed by atoms with Gasteiger partial charge >= 0.3 is 0 Å². The number of aliphatic hydroxyl groups excluding tert-OH is 1. The van der Waals surface area contributed by atoms with Crippen LogP contribution in [-0.2, 0) is 13.0 Å². The van der Waals surface area contributed by atoms with E-state index in [1.165, 1.54) is 17.5 Å². The Morgan fingerprint density at radius 2 is 1.71 bits per heavy atom. The first kappa shape index (κ1) is 11.2. The van der Waals surface area contributed by atoms with Gasteiger partial charge in [-0.2, -0.15) is 0 Å². The Bertz CT molecular complexity index is 256. The van der Waals surface area contributed by atoms with E-state index in [4.69, 9.17) is 5.11 Å². The van der Waals surface area contributed by atoms with Gasteiger partial charge in [0.1, 0.15) is 0 Å². The molecule has 78 valence electrons. The first-order valence-corrected chi connectivity index (χ1v) is 5.13. The summed E-state index contributed by atoms with van der Waals surface area (Å²) in [7, 11) is 1.90. The highest BCUT2D eigenvalue weighted by Crippen LogP contribution is 2.08. The smallest absolute Gasteiger partial charge is 0.0956 e.